The normalized spacial score (nSPS) is 20.8. The molecule has 1 aromatic rings. The Labute approximate surface area is 106 Å². The molecule has 0 bridgehead atoms. The Bertz CT molecular complexity index is 499. The van der Waals surface area contributed by atoms with Crippen molar-refractivity contribution < 1.29 is 14.3 Å². The van der Waals surface area contributed by atoms with Gasteiger partial charge < -0.3 is 19.7 Å². The Morgan fingerprint density at radius 2 is 2.06 bits per heavy atom. The third-order valence-corrected chi connectivity index (χ3v) is 3.42. The number of piperazine rings is 1. The smallest absolute Gasteiger partial charge is 0.239 e. The second-order valence-corrected chi connectivity index (χ2v) is 5.21. The topological polar surface area (TPSA) is 50.8 Å². The van der Waals surface area contributed by atoms with Crippen LogP contribution >= 0.6 is 0 Å². The Balaban J connectivity index is 1.95. The summed E-state index contributed by atoms with van der Waals surface area (Å²) >= 11 is 0. The minimum absolute atomic E-state index is 0.0481. The molecule has 96 valence electrons. The minimum atomic E-state index is -0.110. The van der Waals surface area contributed by atoms with E-state index in [9.17, 15) is 4.79 Å². The van der Waals surface area contributed by atoms with Gasteiger partial charge >= 0.3 is 0 Å². The highest BCUT2D eigenvalue weighted by molar-refractivity contribution is 5.83. The second-order valence-electron chi connectivity index (χ2n) is 5.21. The van der Waals surface area contributed by atoms with E-state index in [1.807, 2.05) is 18.2 Å². The third-order valence-electron chi connectivity index (χ3n) is 3.42. The van der Waals surface area contributed by atoms with Crippen molar-refractivity contribution in [2.24, 2.45) is 0 Å². The van der Waals surface area contributed by atoms with Gasteiger partial charge in [-0.3, -0.25) is 4.79 Å². The molecule has 1 aromatic carbocycles. The second kappa shape index (κ2) is 3.80. The Morgan fingerprint density at radius 1 is 1.28 bits per heavy atom. The molecule has 1 amide bonds. The maximum atomic E-state index is 11.6. The highest BCUT2D eigenvalue weighted by Crippen LogP contribution is 2.37. The molecular formula is C13H16N2O3. The lowest BCUT2D eigenvalue weighted by Crippen LogP contribution is -2.60. The van der Waals surface area contributed by atoms with Crippen LogP contribution in [0, 0.1) is 0 Å². The van der Waals surface area contributed by atoms with Gasteiger partial charge in [0.2, 0.25) is 12.7 Å². The van der Waals surface area contributed by atoms with E-state index in [0.29, 0.717) is 13.1 Å². The number of carbonyl (C=O) groups excluding carboxylic acids is 1. The molecule has 0 atom stereocenters. The standard InChI is InChI=1S/C13H16N2O3/c1-13(2)7-14-12(16)6-15(13)9-3-4-10-11(5-9)18-8-17-10/h3-5H,6-8H2,1-2H3,(H,14,16). The molecule has 0 aliphatic carbocycles. The molecule has 18 heavy (non-hydrogen) atoms. The van der Waals surface area contributed by atoms with E-state index in [4.69, 9.17) is 9.47 Å². The zero-order chi connectivity index (χ0) is 12.8. The first kappa shape index (κ1) is 11.2. The lowest BCUT2D eigenvalue weighted by molar-refractivity contribution is -0.121. The average Bonchev–Trinajstić information content (AvgIpc) is 2.79. The largest absolute Gasteiger partial charge is 0.454 e. The number of ether oxygens (including phenoxy) is 2. The number of fused-ring (bicyclic) bond motifs is 1. The molecule has 2 aliphatic heterocycles. The first-order valence-electron chi connectivity index (χ1n) is 6.00. The van der Waals surface area contributed by atoms with Crippen LogP contribution in [0.5, 0.6) is 11.5 Å². The molecule has 0 aromatic heterocycles. The number of hydrogen-bond donors (Lipinski definition) is 1. The van der Waals surface area contributed by atoms with E-state index in [0.717, 1.165) is 17.2 Å². The molecule has 2 aliphatic rings. The fourth-order valence-corrected chi connectivity index (χ4v) is 2.32. The highest BCUT2D eigenvalue weighted by Gasteiger charge is 2.33. The zero-order valence-corrected chi connectivity index (χ0v) is 10.5. The van der Waals surface area contributed by atoms with E-state index in [2.05, 4.69) is 24.1 Å². The lowest BCUT2D eigenvalue weighted by atomic mass is 9.99. The van der Waals surface area contributed by atoms with Crippen molar-refractivity contribution in [2.75, 3.05) is 24.8 Å². The van der Waals surface area contributed by atoms with Crippen molar-refractivity contribution in [1.29, 1.82) is 0 Å². The SMILES string of the molecule is CC1(C)CNC(=O)CN1c1ccc2c(c1)OCO2. The van der Waals surface area contributed by atoms with Crippen molar-refractivity contribution in [2.45, 2.75) is 19.4 Å². The number of hydrogen-bond acceptors (Lipinski definition) is 4. The van der Waals surface area contributed by atoms with Crippen LogP contribution in [0.1, 0.15) is 13.8 Å². The number of nitrogens with one attached hydrogen (secondary N) is 1. The van der Waals surface area contributed by atoms with Crippen molar-refractivity contribution in [3.63, 3.8) is 0 Å². The van der Waals surface area contributed by atoms with Gasteiger partial charge in [-0.05, 0) is 26.0 Å². The Hall–Kier alpha value is -1.91. The summed E-state index contributed by atoms with van der Waals surface area (Å²) in [5.41, 5.74) is 0.876. The van der Waals surface area contributed by atoms with Crippen LogP contribution in [-0.2, 0) is 4.79 Å². The number of amides is 1. The van der Waals surface area contributed by atoms with Crippen molar-refractivity contribution in [1.82, 2.24) is 5.32 Å². The van der Waals surface area contributed by atoms with E-state index >= 15 is 0 Å². The third kappa shape index (κ3) is 1.75. The minimum Gasteiger partial charge on any atom is -0.454 e. The fourth-order valence-electron chi connectivity index (χ4n) is 2.32. The van der Waals surface area contributed by atoms with Gasteiger partial charge in [-0.25, -0.2) is 0 Å². The Kier molecular flexibility index (Phi) is 2.36. The van der Waals surface area contributed by atoms with Crippen LogP contribution in [0.2, 0.25) is 0 Å². The summed E-state index contributed by atoms with van der Waals surface area (Å²) in [5, 5.41) is 2.89. The van der Waals surface area contributed by atoms with Crippen molar-refractivity contribution >= 4 is 11.6 Å². The van der Waals surface area contributed by atoms with Crippen molar-refractivity contribution in [3.05, 3.63) is 18.2 Å². The van der Waals surface area contributed by atoms with Gasteiger partial charge in [0.05, 0.1) is 12.1 Å². The van der Waals surface area contributed by atoms with Gasteiger partial charge in [0.1, 0.15) is 0 Å². The molecule has 5 heteroatoms. The van der Waals surface area contributed by atoms with Crippen LogP contribution in [0.4, 0.5) is 5.69 Å². The number of anilines is 1. The van der Waals surface area contributed by atoms with E-state index in [1.54, 1.807) is 0 Å². The maximum absolute atomic E-state index is 11.6. The van der Waals surface area contributed by atoms with Gasteiger partial charge in [0, 0.05) is 18.3 Å². The summed E-state index contributed by atoms with van der Waals surface area (Å²) in [6, 6.07) is 5.79. The molecule has 1 N–H and O–H groups in total. The van der Waals surface area contributed by atoms with Crippen LogP contribution in [-0.4, -0.2) is 31.3 Å². The monoisotopic (exact) mass is 248 g/mol. The quantitative estimate of drug-likeness (QED) is 0.809. The van der Waals surface area contributed by atoms with Gasteiger partial charge in [0.15, 0.2) is 11.5 Å². The molecule has 2 heterocycles. The molecule has 1 fully saturated rings. The zero-order valence-electron chi connectivity index (χ0n) is 10.5. The van der Waals surface area contributed by atoms with Crippen LogP contribution < -0.4 is 19.7 Å². The lowest BCUT2D eigenvalue weighted by Gasteiger charge is -2.43. The van der Waals surface area contributed by atoms with Gasteiger partial charge in [-0.15, -0.1) is 0 Å². The highest BCUT2D eigenvalue weighted by atomic mass is 16.7. The molecule has 5 nitrogen and oxygen atoms in total. The van der Waals surface area contributed by atoms with E-state index in [-0.39, 0.29) is 18.2 Å². The van der Waals surface area contributed by atoms with Gasteiger partial charge in [-0.2, -0.15) is 0 Å². The molecule has 0 saturated carbocycles. The summed E-state index contributed by atoms with van der Waals surface area (Å²) in [5.74, 6) is 1.55. The van der Waals surface area contributed by atoms with Gasteiger partial charge in [-0.1, -0.05) is 0 Å². The predicted molar refractivity (Wildman–Crippen MR) is 67.0 cm³/mol. The van der Waals surface area contributed by atoms with Crippen LogP contribution in [0.3, 0.4) is 0 Å². The number of benzene rings is 1. The molecule has 0 spiro atoms. The van der Waals surface area contributed by atoms with E-state index in [1.165, 1.54) is 0 Å². The number of rotatable bonds is 1. The first-order chi connectivity index (χ1) is 8.56. The van der Waals surface area contributed by atoms with Gasteiger partial charge in [0.25, 0.3) is 0 Å². The summed E-state index contributed by atoms with van der Waals surface area (Å²) in [4.78, 5) is 13.7. The molecule has 0 radical (unpaired) electrons. The summed E-state index contributed by atoms with van der Waals surface area (Å²) in [6.45, 7) is 5.49. The van der Waals surface area contributed by atoms with Crippen LogP contribution in [0.15, 0.2) is 18.2 Å². The molecular weight excluding hydrogens is 232 g/mol. The molecule has 3 rings (SSSR count). The van der Waals surface area contributed by atoms with Crippen LogP contribution in [0.25, 0.3) is 0 Å². The fraction of sp³-hybridized carbons (Fsp3) is 0.462. The first-order valence-corrected chi connectivity index (χ1v) is 6.00. The number of nitrogens with zero attached hydrogens (tertiary/aromatic N) is 1. The number of carbonyl (C=O) groups is 1. The predicted octanol–water partition coefficient (Wildman–Crippen LogP) is 1.13. The Morgan fingerprint density at radius 3 is 2.89 bits per heavy atom. The summed E-state index contributed by atoms with van der Waals surface area (Å²) in [6.07, 6.45) is 0. The summed E-state index contributed by atoms with van der Waals surface area (Å²) < 4.78 is 10.7. The maximum Gasteiger partial charge on any atom is 0.239 e. The molecule has 0 unspecified atom stereocenters. The average molecular weight is 248 g/mol. The molecule has 1 saturated heterocycles. The summed E-state index contributed by atoms with van der Waals surface area (Å²) in [7, 11) is 0. The van der Waals surface area contributed by atoms with E-state index < -0.39 is 0 Å². The van der Waals surface area contributed by atoms with Crippen molar-refractivity contribution in [3.8, 4) is 11.5 Å².